The van der Waals surface area contributed by atoms with Gasteiger partial charge in [-0.05, 0) is 45.0 Å². The van der Waals surface area contributed by atoms with Gasteiger partial charge >= 0.3 is 0 Å². The zero-order valence-corrected chi connectivity index (χ0v) is 15.8. The molecule has 2 N–H and O–H groups in total. The molecule has 1 aromatic carbocycles. The van der Waals surface area contributed by atoms with Gasteiger partial charge in [0.05, 0.1) is 26.1 Å². The second-order valence-corrected chi connectivity index (χ2v) is 8.08. The molecule has 0 radical (unpaired) electrons. The summed E-state index contributed by atoms with van der Waals surface area (Å²) in [5.74, 6) is 0.850. The lowest BCUT2D eigenvalue weighted by molar-refractivity contribution is 0.392. The Kier molecular flexibility index (Phi) is 5.42. The van der Waals surface area contributed by atoms with Crippen LogP contribution >= 0.6 is 0 Å². The van der Waals surface area contributed by atoms with Gasteiger partial charge in [-0.3, -0.25) is 4.72 Å². The van der Waals surface area contributed by atoms with Crippen molar-refractivity contribution >= 4 is 21.5 Å². The Bertz CT molecular complexity index is 828. The standard InChI is InChI=1S/C17H23N3O4S/c1-17(2,3)19-12-6-9-16(18-11-12)20-25(21,22)15-10-13(23-4)7-8-14(15)24-5/h6-11,19H,1-5H3,(H,18,20). The molecule has 7 nitrogen and oxygen atoms in total. The summed E-state index contributed by atoms with van der Waals surface area (Å²) in [5, 5.41) is 3.26. The van der Waals surface area contributed by atoms with E-state index >= 15 is 0 Å². The number of hydrogen-bond acceptors (Lipinski definition) is 6. The second kappa shape index (κ2) is 7.18. The van der Waals surface area contributed by atoms with E-state index in [4.69, 9.17) is 9.47 Å². The van der Waals surface area contributed by atoms with Crippen LogP contribution in [0.25, 0.3) is 0 Å². The van der Waals surface area contributed by atoms with E-state index in [1.165, 1.54) is 26.4 Å². The van der Waals surface area contributed by atoms with Crippen molar-refractivity contribution < 1.29 is 17.9 Å². The molecule has 0 saturated carbocycles. The molecule has 0 aliphatic carbocycles. The number of nitrogens with one attached hydrogen (secondary N) is 2. The number of benzene rings is 1. The van der Waals surface area contributed by atoms with Crippen LogP contribution in [0.2, 0.25) is 0 Å². The number of hydrogen-bond donors (Lipinski definition) is 2. The first-order valence-corrected chi connectivity index (χ1v) is 9.12. The minimum Gasteiger partial charge on any atom is -0.497 e. The van der Waals surface area contributed by atoms with E-state index < -0.39 is 10.0 Å². The third-order valence-corrected chi connectivity index (χ3v) is 4.56. The maximum atomic E-state index is 12.7. The lowest BCUT2D eigenvalue weighted by atomic mass is 10.1. The minimum absolute atomic E-state index is 0.0203. The van der Waals surface area contributed by atoms with Gasteiger partial charge in [0.1, 0.15) is 22.2 Å². The van der Waals surface area contributed by atoms with Crippen LogP contribution in [0.3, 0.4) is 0 Å². The summed E-state index contributed by atoms with van der Waals surface area (Å²) in [6.07, 6.45) is 1.58. The van der Waals surface area contributed by atoms with Crippen molar-refractivity contribution in [2.75, 3.05) is 24.3 Å². The van der Waals surface area contributed by atoms with Gasteiger partial charge in [-0.25, -0.2) is 13.4 Å². The topological polar surface area (TPSA) is 89.5 Å². The molecule has 8 heteroatoms. The molecule has 0 aliphatic heterocycles. The quantitative estimate of drug-likeness (QED) is 0.817. The van der Waals surface area contributed by atoms with Crippen molar-refractivity contribution in [1.82, 2.24) is 4.98 Å². The van der Waals surface area contributed by atoms with Gasteiger partial charge in [-0.15, -0.1) is 0 Å². The van der Waals surface area contributed by atoms with Crippen LogP contribution in [0.15, 0.2) is 41.4 Å². The molecular weight excluding hydrogens is 342 g/mol. The van der Waals surface area contributed by atoms with E-state index in [2.05, 4.69) is 15.0 Å². The lowest BCUT2D eigenvalue weighted by Gasteiger charge is -2.21. The maximum absolute atomic E-state index is 12.7. The fourth-order valence-corrected chi connectivity index (χ4v) is 3.34. The molecule has 0 aliphatic rings. The Labute approximate surface area is 148 Å². The summed E-state index contributed by atoms with van der Waals surface area (Å²) in [6.45, 7) is 6.08. The van der Waals surface area contributed by atoms with Gasteiger partial charge in [-0.2, -0.15) is 0 Å². The molecule has 0 unspecified atom stereocenters. The molecule has 136 valence electrons. The van der Waals surface area contributed by atoms with E-state index in [1.54, 1.807) is 24.4 Å². The fourth-order valence-electron chi connectivity index (χ4n) is 2.15. The predicted octanol–water partition coefficient (Wildman–Crippen LogP) is 3.11. The van der Waals surface area contributed by atoms with Gasteiger partial charge in [0, 0.05) is 11.6 Å². The number of rotatable bonds is 6. The molecule has 0 spiro atoms. The largest absolute Gasteiger partial charge is 0.497 e. The van der Waals surface area contributed by atoms with Crippen molar-refractivity contribution in [2.45, 2.75) is 31.2 Å². The van der Waals surface area contributed by atoms with E-state index in [0.717, 1.165) is 5.69 Å². The number of nitrogens with zero attached hydrogens (tertiary/aromatic N) is 1. The molecule has 25 heavy (non-hydrogen) atoms. The van der Waals surface area contributed by atoms with Crippen LogP contribution in [-0.2, 0) is 10.0 Å². The van der Waals surface area contributed by atoms with Gasteiger partial charge in [0.2, 0.25) is 0 Å². The van der Waals surface area contributed by atoms with Gasteiger partial charge in [-0.1, -0.05) is 0 Å². The second-order valence-electron chi connectivity index (χ2n) is 6.43. The molecule has 0 bridgehead atoms. The van der Waals surface area contributed by atoms with E-state index in [9.17, 15) is 8.42 Å². The Morgan fingerprint density at radius 2 is 1.76 bits per heavy atom. The summed E-state index contributed by atoms with van der Waals surface area (Å²) in [6, 6.07) is 7.92. The molecule has 1 heterocycles. The van der Waals surface area contributed by atoms with Crippen LogP contribution in [0, 0.1) is 0 Å². The minimum atomic E-state index is -3.87. The highest BCUT2D eigenvalue weighted by atomic mass is 32.2. The van der Waals surface area contributed by atoms with Crippen molar-refractivity contribution in [3.05, 3.63) is 36.5 Å². The average Bonchev–Trinajstić information content (AvgIpc) is 2.54. The van der Waals surface area contributed by atoms with Crippen molar-refractivity contribution in [3.63, 3.8) is 0 Å². The molecule has 0 amide bonds. The van der Waals surface area contributed by atoms with E-state index in [1.807, 2.05) is 20.8 Å². The zero-order chi connectivity index (χ0) is 18.7. The van der Waals surface area contributed by atoms with Gasteiger partial charge < -0.3 is 14.8 Å². The number of sulfonamides is 1. The summed E-state index contributed by atoms with van der Waals surface area (Å²) in [4.78, 5) is 4.13. The van der Waals surface area contributed by atoms with Crippen molar-refractivity contribution in [2.24, 2.45) is 0 Å². The van der Waals surface area contributed by atoms with Gasteiger partial charge in [0.25, 0.3) is 10.0 Å². The number of aromatic nitrogens is 1. The highest BCUT2D eigenvalue weighted by molar-refractivity contribution is 7.92. The normalized spacial score (nSPS) is 11.7. The number of ether oxygens (including phenoxy) is 2. The van der Waals surface area contributed by atoms with E-state index in [0.29, 0.717) is 5.75 Å². The molecular formula is C17H23N3O4S. The summed E-state index contributed by atoms with van der Waals surface area (Å²) in [5.41, 5.74) is 0.686. The first kappa shape index (κ1) is 18.9. The van der Waals surface area contributed by atoms with Crippen molar-refractivity contribution in [3.8, 4) is 11.5 Å². The lowest BCUT2D eigenvalue weighted by Crippen LogP contribution is -2.26. The summed E-state index contributed by atoms with van der Waals surface area (Å²) >= 11 is 0. The van der Waals surface area contributed by atoms with Crippen LogP contribution in [0.5, 0.6) is 11.5 Å². The Hall–Kier alpha value is -2.48. The number of anilines is 2. The molecule has 0 saturated heterocycles. The Balaban J connectivity index is 2.27. The average molecular weight is 365 g/mol. The first-order chi connectivity index (χ1) is 11.6. The fraction of sp³-hybridized carbons (Fsp3) is 0.353. The SMILES string of the molecule is COc1ccc(OC)c(S(=O)(=O)Nc2ccc(NC(C)(C)C)cn2)c1. The summed E-state index contributed by atoms with van der Waals surface area (Å²) < 4.78 is 38.0. The third kappa shape index (κ3) is 4.99. The smallest absolute Gasteiger partial charge is 0.266 e. The first-order valence-electron chi connectivity index (χ1n) is 7.64. The third-order valence-electron chi connectivity index (χ3n) is 3.18. The Morgan fingerprint density at radius 1 is 1.04 bits per heavy atom. The van der Waals surface area contributed by atoms with Crippen LogP contribution in [0.4, 0.5) is 11.5 Å². The monoisotopic (exact) mass is 365 g/mol. The highest BCUT2D eigenvalue weighted by Gasteiger charge is 2.21. The number of methoxy groups -OCH3 is 2. The van der Waals surface area contributed by atoms with Gasteiger partial charge in [0.15, 0.2) is 0 Å². The van der Waals surface area contributed by atoms with Crippen molar-refractivity contribution in [1.29, 1.82) is 0 Å². The maximum Gasteiger partial charge on any atom is 0.266 e. The highest BCUT2D eigenvalue weighted by Crippen LogP contribution is 2.29. The Morgan fingerprint density at radius 3 is 2.28 bits per heavy atom. The molecule has 2 rings (SSSR count). The molecule has 0 fully saturated rings. The zero-order valence-electron chi connectivity index (χ0n) is 15.0. The van der Waals surface area contributed by atoms with Crippen LogP contribution < -0.4 is 19.5 Å². The number of pyridine rings is 1. The predicted molar refractivity (Wildman–Crippen MR) is 98.0 cm³/mol. The molecule has 1 aromatic heterocycles. The van der Waals surface area contributed by atoms with Crippen LogP contribution in [0.1, 0.15) is 20.8 Å². The van der Waals surface area contributed by atoms with Crippen LogP contribution in [-0.4, -0.2) is 33.2 Å². The van der Waals surface area contributed by atoms with E-state index in [-0.39, 0.29) is 22.0 Å². The summed E-state index contributed by atoms with van der Waals surface area (Å²) in [7, 11) is -0.999. The molecule has 2 aromatic rings. The molecule has 0 atom stereocenters.